The standard InChI is InChI=1S/C13H21NO3/c1-9(2)17-11(10-7-6-8-16-10)12(15)14-13(3,4)5/h6-9,11H,1-5H3,(H,14,15). The second kappa shape index (κ2) is 5.36. The van der Waals surface area contributed by atoms with Crippen molar-refractivity contribution in [1.82, 2.24) is 5.32 Å². The topological polar surface area (TPSA) is 51.5 Å². The molecule has 17 heavy (non-hydrogen) atoms. The zero-order valence-corrected chi connectivity index (χ0v) is 11.1. The van der Waals surface area contributed by atoms with E-state index >= 15 is 0 Å². The van der Waals surface area contributed by atoms with Gasteiger partial charge in [0.05, 0.1) is 12.4 Å². The number of amides is 1. The van der Waals surface area contributed by atoms with E-state index in [9.17, 15) is 4.79 Å². The molecule has 1 unspecified atom stereocenters. The van der Waals surface area contributed by atoms with Gasteiger partial charge >= 0.3 is 0 Å². The summed E-state index contributed by atoms with van der Waals surface area (Å²) in [4.78, 5) is 12.1. The average molecular weight is 239 g/mol. The number of nitrogens with one attached hydrogen (secondary N) is 1. The zero-order chi connectivity index (χ0) is 13.1. The van der Waals surface area contributed by atoms with Gasteiger partial charge in [0.2, 0.25) is 0 Å². The number of hydrogen-bond donors (Lipinski definition) is 1. The van der Waals surface area contributed by atoms with Crippen LogP contribution in [0.25, 0.3) is 0 Å². The molecule has 0 saturated carbocycles. The van der Waals surface area contributed by atoms with Gasteiger partial charge in [-0.05, 0) is 46.8 Å². The molecule has 0 radical (unpaired) electrons. The fourth-order valence-corrected chi connectivity index (χ4v) is 1.41. The summed E-state index contributed by atoms with van der Waals surface area (Å²) in [6, 6.07) is 3.49. The van der Waals surface area contributed by atoms with Crippen molar-refractivity contribution >= 4 is 5.91 Å². The summed E-state index contributed by atoms with van der Waals surface area (Å²) in [7, 11) is 0. The minimum atomic E-state index is -0.691. The molecule has 0 aromatic carbocycles. The lowest BCUT2D eigenvalue weighted by molar-refractivity contribution is -0.139. The first kappa shape index (κ1) is 13.8. The minimum Gasteiger partial charge on any atom is -0.466 e. The predicted octanol–water partition coefficient (Wildman–Crippen LogP) is 2.66. The SMILES string of the molecule is CC(C)OC(C(=O)NC(C)(C)C)c1ccco1. The average Bonchev–Trinajstić information content (AvgIpc) is 2.63. The fraction of sp³-hybridized carbons (Fsp3) is 0.615. The van der Waals surface area contributed by atoms with E-state index in [0.29, 0.717) is 5.76 Å². The number of ether oxygens (including phenoxy) is 1. The van der Waals surface area contributed by atoms with Crippen LogP contribution in [-0.4, -0.2) is 17.6 Å². The second-order valence-electron chi connectivity index (χ2n) is 5.32. The van der Waals surface area contributed by atoms with Gasteiger partial charge in [-0.15, -0.1) is 0 Å². The van der Waals surface area contributed by atoms with Gasteiger partial charge in [0.15, 0.2) is 6.10 Å². The van der Waals surface area contributed by atoms with E-state index in [0.717, 1.165) is 0 Å². The summed E-state index contributed by atoms with van der Waals surface area (Å²) in [6.45, 7) is 9.57. The van der Waals surface area contributed by atoms with Crippen molar-refractivity contribution in [1.29, 1.82) is 0 Å². The molecule has 0 aliphatic heterocycles. The Balaban J connectivity index is 2.80. The molecule has 1 aromatic rings. The third kappa shape index (κ3) is 4.61. The third-order valence-electron chi connectivity index (χ3n) is 1.95. The molecule has 1 atom stereocenters. The summed E-state index contributed by atoms with van der Waals surface area (Å²) in [5.41, 5.74) is -0.289. The molecule has 4 heteroatoms. The Kier molecular flexibility index (Phi) is 4.34. The first-order chi connectivity index (χ1) is 7.79. The molecule has 1 amide bonds. The second-order valence-corrected chi connectivity index (χ2v) is 5.32. The van der Waals surface area contributed by atoms with Gasteiger partial charge in [-0.1, -0.05) is 0 Å². The van der Waals surface area contributed by atoms with Crippen molar-refractivity contribution in [2.75, 3.05) is 0 Å². The summed E-state index contributed by atoms with van der Waals surface area (Å²) in [6.07, 6.45) is 0.802. The number of rotatable bonds is 4. The Labute approximate surface area is 102 Å². The van der Waals surface area contributed by atoms with E-state index in [1.54, 1.807) is 12.1 Å². The van der Waals surface area contributed by atoms with E-state index in [1.165, 1.54) is 6.26 Å². The molecular weight excluding hydrogens is 218 g/mol. The highest BCUT2D eigenvalue weighted by Gasteiger charge is 2.28. The highest BCUT2D eigenvalue weighted by molar-refractivity contribution is 5.82. The Morgan fingerprint density at radius 1 is 1.41 bits per heavy atom. The molecule has 4 nitrogen and oxygen atoms in total. The number of hydrogen-bond acceptors (Lipinski definition) is 3. The lowest BCUT2D eigenvalue weighted by atomic mass is 10.1. The largest absolute Gasteiger partial charge is 0.466 e. The predicted molar refractivity (Wildman–Crippen MR) is 65.6 cm³/mol. The van der Waals surface area contributed by atoms with Gasteiger partial charge in [0.25, 0.3) is 5.91 Å². The Morgan fingerprint density at radius 2 is 2.06 bits per heavy atom. The van der Waals surface area contributed by atoms with Crippen LogP contribution >= 0.6 is 0 Å². The fourth-order valence-electron chi connectivity index (χ4n) is 1.41. The van der Waals surface area contributed by atoms with E-state index in [2.05, 4.69) is 5.32 Å². The third-order valence-corrected chi connectivity index (χ3v) is 1.95. The molecule has 96 valence electrons. The molecule has 1 aromatic heterocycles. The Hall–Kier alpha value is -1.29. The van der Waals surface area contributed by atoms with Crippen molar-refractivity contribution < 1.29 is 13.9 Å². The first-order valence-corrected chi connectivity index (χ1v) is 5.80. The molecule has 1 heterocycles. The lowest BCUT2D eigenvalue weighted by Crippen LogP contribution is -2.44. The molecule has 0 aliphatic carbocycles. The zero-order valence-electron chi connectivity index (χ0n) is 11.1. The number of furan rings is 1. The van der Waals surface area contributed by atoms with Crippen molar-refractivity contribution in [2.45, 2.75) is 52.4 Å². The van der Waals surface area contributed by atoms with Gasteiger partial charge in [-0.3, -0.25) is 4.79 Å². The molecule has 1 N–H and O–H groups in total. The van der Waals surface area contributed by atoms with Gasteiger partial charge < -0.3 is 14.5 Å². The van der Waals surface area contributed by atoms with Gasteiger partial charge in [0, 0.05) is 5.54 Å². The van der Waals surface area contributed by atoms with Crippen LogP contribution in [0.2, 0.25) is 0 Å². The van der Waals surface area contributed by atoms with E-state index in [1.807, 2.05) is 34.6 Å². The van der Waals surface area contributed by atoms with Gasteiger partial charge in [-0.2, -0.15) is 0 Å². The quantitative estimate of drug-likeness (QED) is 0.878. The molecule has 0 aliphatic rings. The first-order valence-electron chi connectivity index (χ1n) is 5.80. The smallest absolute Gasteiger partial charge is 0.257 e. The summed E-state index contributed by atoms with van der Waals surface area (Å²) in [5.74, 6) is 0.349. The molecule has 1 rings (SSSR count). The molecular formula is C13H21NO3. The normalized spacial score (nSPS) is 13.8. The van der Waals surface area contributed by atoms with Crippen LogP contribution in [0.4, 0.5) is 0 Å². The van der Waals surface area contributed by atoms with Crippen molar-refractivity contribution in [3.63, 3.8) is 0 Å². The van der Waals surface area contributed by atoms with Crippen LogP contribution in [0.5, 0.6) is 0 Å². The van der Waals surface area contributed by atoms with Crippen molar-refractivity contribution in [3.05, 3.63) is 24.2 Å². The van der Waals surface area contributed by atoms with Crippen LogP contribution in [0.1, 0.15) is 46.5 Å². The Bertz CT molecular complexity index is 349. The van der Waals surface area contributed by atoms with Crippen molar-refractivity contribution in [3.8, 4) is 0 Å². The van der Waals surface area contributed by atoms with Crippen LogP contribution in [0, 0.1) is 0 Å². The molecule has 0 spiro atoms. The number of carbonyl (C=O) groups excluding carboxylic acids is 1. The number of carbonyl (C=O) groups is 1. The minimum absolute atomic E-state index is 0.0455. The monoisotopic (exact) mass is 239 g/mol. The maximum atomic E-state index is 12.1. The van der Waals surface area contributed by atoms with Gasteiger partial charge in [0.1, 0.15) is 5.76 Å². The highest BCUT2D eigenvalue weighted by Crippen LogP contribution is 2.21. The van der Waals surface area contributed by atoms with Crippen molar-refractivity contribution in [2.24, 2.45) is 0 Å². The van der Waals surface area contributed by atoms with Crippen LogP contribution < -0.4 is 5.32 Å². The maximum Gasteiger partial charge on any atom is 0.257 e. The van der Waals surface area contributed by atoms with E-state index in [4.69, 9.17) is 9.15 Å². The highest BCUT2D eigenvalue weighted by atomic mass is 16.5. The van der Waals surface area contributed by atoms with Gasteiger partial charge in [-0.25, -0.2) is 0 Å². The van der Waals surface area contributed by atoms with E-state index in [-0.39, 0.29) is 17.6 Å². The van der Waals surface area contributed by atoms with Crippen LogP contribution in [-0.2, 0) is 9.53 Å². The maximum absolute atomic E-state index is 12.1. The summed E-state index contributed by atoms with van der Waals surface area (Å²) >= 11 is 0. The molecule has 0 bridgehead atoms. The van der Waals surface area contributed by atoms with E-state index < -0.39 is 6.10 Å². The summed E-state index contributed by atoms with van der Waals surface area (Å²) in [5, 5.41) is 2.89. The molecule has 0 fully saturated rings. The lowest BCUT2D eigenvalue weighted by Gasteiger charge is -2.25. The van der Waals surface area contributed by atoms with Crippen LogP contribution in [0.3, 0.4) is 0 Å². The summed E-state index contributed by atoms with van der Waals surface area (Å²) < 4.78 is 10.8. The van der Waals surface area contributed by atoms with Crippen LogP contribution in [0.15, 0.2) is 22.8 Å². The molecule has 0 saturated heterocycles. The Morgan fingerprint density at radius 3 is 2.47 bits per heavy atom.